The Labute approximate surface area is 118 Å². The van der Waals surface area contributed by atoms with Crippen LogP contribution < -0.4 is 10.5 Å². The molecule has 0 aliphatic rings. The zero-order valence-electron chi connectivity index (χ0n) is 11.0. The molecule has 2 rings (SSSR count). The number of nitrogen functional groups attached to an aromatic ring is 1. The fourth-order valence-corrected chi connectivity index (χ4v) is 1.61. The highest BCUT2D eigenvalue weighted by Crippen LogP contribution is 2.28. The molecule has 0 fully saturated rings. The molecule has 0 aliphatic carbocycles. The number of non-ortho nitro benzene ring substituents is 1. The van der Waals surface area contributed by atoms with Crippen molar-refractivity contribution < 1.29 is 14.1 Å². The zero-order valence-corrected chi connectivity index (χ0v) is 11.0. The third kappa shape index (κ3) is 3.11. The maximum absolute atomic E-state index is 13.8. The Morgan fingerprint density at radius 3 is 2.71 bits per heavy atom. The maximum atomic E-state index is 13.8. The van der Waals surface area contributed by atoms with Gasteiger partial charge in [-0.25, -0.2) is 9.37 Å². The first kappa shape index (κ1) is 14.4. The van der Waals surface area contributed by atoms with E-state index in [9.17, 15) is 14.5 Å². The fourth-order valence-electron chi connectivity index (χ4n) is 1.61. The second kappa shape index (κ2) is 5.53. The van der Waals surface area contributed by atoms with Gasteiger partial charge in [0.15, 0.2) is 11.6 Å². The highest BCUT2D eigenvalue weighted by molar-refractivity contribution is 5.97. The van der Waals surface area contributed by atoms with Crippen molar-refractivity contribution in [3.05, 3.63) is 57.5 Å². The standard InChI is InChI=1S/C13H11FN4O3/c1-7-2-4-9(12(15)16)13(17-7)21-11-5-3-8(18(19)20)6-10(11)14/h2-6H,1H3,(H3,15,16). The van der Waals surface area contributed by atoms with E-state index in [2.05, 4.69) is 4.98 Å². The summed E-state index contributed by atoms with van der Waals surface area (Å²) < 4.78 is 19.1. The Morgan fingerprint density at radius 2 is 2.14 bits per heavy atom. The molecule has 2 aromatic rings. The van der Waals surface area contributed by atoms with E-state index in [0.717, 1.165) is 18.2 Å². The Balaban J connectivity index is 2.40. The van der Waals surface area contributed by atoms with Crippen molar-refractivity contribution in [2.45, 2.75) is 6.92 Å². The Kier molecular flexibility index (Phi) is 3.79. The summed E-state index contributed by atoms with van der Waals surface area (Å²) in [5, 5.41) is 18.0. The van der Waals surface area contributed by atoms with E-state index >= 15 is 0 Å². The quantitative estimate of drug-likeness (QED) is 0.388. The summed E-state index contributed by atoms with van der Waals surface area (Å²) in [5.41, 5.74) is 5.82. The second-order valence-electron chi connectivity index (χ2n) is 4.19. The van der Waals surface area contributed by atoms with Gasteiger partial charge in [0.25, 0.3) is 5.69 Å². The van der Waals surface area contributed by atoms with Crippen LogP contribution in [0, 0.1) is 28.3 Å². The van der Waals surface area contributed by atoms with E-state index in [4.69, 9.17) is 15.9 Å². The molecule has 1 aromatic heterocycles. The SMILES string of the molecule is Cc1ccc(C(=N)N)c(Oc2ccc([N+](=O)[O-])cc2F)n1. The molecule has 1 aromatic carbocycles. The molecular weight excluding hydrogens is 279 g/mol. The van der Waals surface area contributed by atoms with Gasteiger partial charge in [-0.2, -0.15) is 0 Å². The normalized spacial score (nSPS) is 10.2. The van der Waals surface area contributed by atoms with Crippen LogP contribution in [-0.2, 0) is 0 Å². The van der Waals surface area contributed by atoms with E-state index in [1.165, 1.54) is 6.07 Å². The number of nitrogens with zero attached hydrogens (tertiary/aromatic N) is 2. The van der Waals surface area contributed by atoms with Gasteiger partial charge in [-0.05, 0) is 25.1 Å². The van der Waals surface area contributed by atoms with Crippen LogP contribution in [0.2, 0.25) is 0 Å². The minimum atomic E-state index is -0.901. The van der Waals surface area contributed by atoms with Crippen molar-refractivity contribution in [1.29, 1.82) is 5.41 Å². The number of nitrogens with one attached hydrogen (secondary N) is 1. The summed E-state index contributed by atoms with van der Waals surface area (Å²) in [6, 6.07) is 6.15. The van der Waals surface area contributed by atoms with Crippen LogP contribution in [0.25, 0.3) is 0 Å². The van der Waals surface area contributed by atoms with E-state index in [0.29, 0.717) is 5.69 Å². The van der Waals surface area contributed by atoms with Crippen molar-refractivity contribution in [2.75, 3.05) is 0 Å². The van der Waals surface area contributed by atoms with Crippen LogP contribution in [0.3, 0.4) is 0 Å². The first-order chi connectivity index (χ1) is 9.88. The molecule has 21 heavy (non-hydrogen) atoms. The number of amidine groups is 1. The summed E-state index contributed by atoms with van der Waals surface area (Å²) >= 11 is 0. The molecule has 0 radical (unpaired) electrons. The van der Waals surface area contributed by atoms with Gasteiger partial charge < -0.3 is 10.5 Å². The average molecular weight is 290 g/mol. The number of aromatic nitrogens is 1. The number of benzene rings is 1. The predicted molar refractivity (Wildman–Crippen MR) is 73.1 cm³/mol. The molecule has 0 saturated heterocycles. The van der Waals surface area contributed by atoms with Crippen molar-refractivity contribution in [3.63, 3.8) is 0 Å². The predicted octanol–water partition coefficient (Wildman–Crippen LogP) is 2.51. The van der Waals surface area contributed by atoms with Crippen molar-refractivity contribution in [3.8, 4) is 11.6 Å². The summed E-state index contributed by atoms with van der Waals surface area (Å²) in [7, 11) is 0. The maximum Gasteiger partial charge on any atom is 0.272 e. The summed E-state index contributed by atoms with van der Waals surface area (Å²) in [4.78, 5) is 13.9. The van der Waals surface area contributed by atoms with Gasteiger partial charge in [0.1, 0.15) is 5.84 Å². The highest BCUT2D eigenvalue weighted by atomic mass is 19.1. The van der Waals surface area contributed by atoms with Gasteiger partial charge in [0, 0.05) is 11.8 Å². The third-order valence-electron chi connectivity index (χ3n) is 2.62. The lowest BCUT2D eigenvalue weighted by molar-refractivity contribution is -0.385. The number of pyridine rings is 1. The van der Waals surface area contributed by atoms with Crippen LogP contribution in [-0.4, -0.2) is 15.7 Å². The molecular formula is C13H11FN4O3. The van der Waals surface area contributed by atoms with Gasteiger partial charge in [-0.3, -0.25) is 15.5 Å². The van der Waals surface area contributed by atoms with Crippen LogP contribution in [0.15, 0.2) is 30.3 Å². The number of aryl methyl sites for hydroxylation is 1. The molecule has 8 heteroatoms. The van der Waals surface area contributed by atoms with Crippen LogP contribution in [0.4, 0.5) is 10.1 Å². The van der Waals surface area contributed by atoms with Gasteiger partial charge in [-0.1, -0.05) is 0 Å². The molecule has 1 heterocycles. The zero-order chi connectivity index (χ0) is 15.6. The van der Waals surface area contributed by atoms with E-state index < -0.39 is 10.7 Å². The molecule has 0 atom stereocenters. The van der Waals surface area contributed by atoms with Gasteiger partial charge >= 0.3 is 0 Å². The molecule has 0 spiro atoms. The number of hydrogen-bond acceptors (Lipinski definition) is 5. The minimum absolute atomic E-state index is 0.0322. The number of halogens is 1. The first-order valence-corrected chi connectivity index (χ1v) is 5.82. The van der Waals surface area contributed by atoms with Gasteiger partial charge in [-0.15, -0.1) is 0 Å². The van der Waals surface area contributed by atoms with Crippen molar-refractivity contribution in [1.82, 2.24) is 4.98 Å². The van der Waals surface area contributed by atoms with Gasteiger partial charge in [0.2, 0.25) is 5.88 Å². The largest absolute Gasteiger partial charge is 0.435 e. The first-order valence-electron chi connectivity index (χ1n) is 5.82. The van der Waals surface area contributed by atoms with E-state index in [-0.39, 0.29) is 28.7 Å². The Bertz CT molecular complexity index is 733. The summed E-state index contributed by atoms with van der Waals surface area (Å²) in [6.45, 7) is 1.70. The number of nitrogens with two attached hydrogens (primary N) is 1. The number of hydrogen-bond donors (Lipinski definition) is 2. The molecule has 0 bridgehead atoms. The minimum Gasteiger partial charge on any atom is -0.435 e. The molecule has 3 N–H and O–H groups in total. The lowest BCUT2D eigenvalue weighted by Crippen LogP contribution is -2.13. The van der Waals surface area contributed by atoms with Crippen LogP contribution in [0.1, 0.15) is 11.3 Å². The number of rotatable bonds is 4. The monoisotopic (exact) mass is 290 g/mol. The molecule has 0 amide bonds. The number of ether oxygens (including phenoxy) is 1. The number of nitro groups is 1. The molecule has 7 nitrogen and oxygen atoms in total. The van der Waals surface area contributed by atoms with E-state index in [1.807, 2.05) is 0 Å². The lowest BCUT2D eigenvalue weighted by Gasteiger charge is -2.10. The van der Waals surface area contributed by atoms with Crippen LogP contribution in [0.5, 0.6) is 11.6 Å². The van der Waals surface area contributed by atoms with Crippen molar-refractivity contribution in [2.24, 2.45) is 5.73 Å². The Hall–Kier alpha value is -3.03. The Morgan fingerprint density at radius 1 is 1.43 bits per heavy atom. The second-order valence-corrected chi connectivity index (χ2v) is 4.19. The fraction of sp³-hybridized carbons (Fsp3) is 0.0769. The van der Waals surface area contributed by atoms with E-state index in [1.54, 1.807) is 13.0 Å². The highest BCUT2D eigenvalue weighted by Gasteiger charge is 2.15. The molecule has 108 valence electrons. The smallest absolute Gasteiger partial charge is 0.272 e. The molecule has 0 saturated carbocycles. The van der Waals surface area contributed by atoms with Gasteiger partial charge in [0.05, 0.1) is 16.6 Å². The van der Waals surface area contributed by atoms with Crippen LogP contribution >= 0.6 is 0 Å². The van der Waals surface area contributed by atoms with Crippen molar-refractivity contribution >= 4 is 11.5 Å². The molecule has 0 unspecified atom stereocenters. The average Bonchev–Trinajstić information content (AvgIpc) is 2.40. The number of nitro benzene ring substituents is 1. The summed E-state index contributed by atoms with van der Waals surface area (Å²) in [5.74, 6) is -1.45. The third-order valence-corrected chi connectivity index (χ3v) is 2.62. The molecule has 0 aliphatic heterocycles. The summed E-state index contributed by atoms with van der Waals surface area (Å²) in [6.07, 6.45) is 0. The lowest BCUT2D eigenvalue weighted by atomic mass is 10.2. The topological polar surface area (TPSA) is 115 Å².